The van der Waals surface area contributed by atoms with Gasteiger partial charge >= 0.3 is 0 Å². The number of hydrogen-bond acceptors (Lipinski definition) is 2. The number of nitrogens with zero attached hydrogens (tertiary/aromatic N) is 3. The normalized spacial score (nSPS) is 14.8. The summed E-state index contributed by atoms with van der Waals surface area (Å²) in [5, 5.41) is 0. The molecule has 162 valence electrons. The van der Waals surface area contributed by atoms with E-state index in [9.17, 15) is 9.18 Å². The van der Waals surface area contributed by atoms with Gasteiger partial charge in [0.1, 0.15) is 11.6 Å². The first-order chi connectivity index (χ1) is 15.6. The molecule has 1 aromatic heterocycles. The molecule has 0 N–H and O–H groups in total. The van der Waals surface area contributed by atoms with Crippen LogP contribution in [0.25, 0.3) is 22.4 Å². The Kier molecular flexibility index (Phi) is 5.48. The average molecular weight is 428 g/mol. The topological polar surface area (TPSA) is 38.1 Å². The van der Waals surface area contributed by atoms with Crippen LogP contribution in [0, 0.1) is 12.7 Å². The Bertz CT molecular complexity index is 1260. The van der Waals surface area contributed by atoms with E-state index in [1.165, 1.54) is 6.07 Å². The van der Waals surface area contributed by atoms with E-state index in [0.717, 1.165) is 46.4 Å². The molecular weight excluding hydrogens is 401 g/mol. The molecule has 0 aliphatic carbocycles. The Balaban J connectivity index is 1.39. The molecule has 0 bridgehead atoms. The number of aryl methyl sites for hydroxylation is 1. The molecule has 1 aliphatic rings. The molecule has 0 spiro atoms. The van der Waals surface area contributed by atoms with E-state index in [1.807, 2.05) is 66.4 Å². The zero-order chi connectivity index (χ0) is 22.1. The molecule has 0 saturated carbocycles. The van der Waals surface area contributed by atoms with Crippen molar-refractivity contribution in [2.75, 3.05) is 13.1 Å². The van der Waals surface area contributed by atoms with Crippen molar-refractivity contribution in [3.8, 4) is 11.4 Å². The van der Waals surface area contributed by atoms with Crippen molar-refractivity contribution in [3.63, 3.8) is 0 Å². The molecule has 32 heavy (non-hydrogen) atoms. The highest BCUT2D eigenvalue weighted by atomic mass is 19.1. The minimum atomic E-state index is -0.260. The van der Waals surface area contributed by atoms with Crippen LogP contribution in [0.15, 0.2) is 72.8 Å². The highest BCUT2D eigenvalue weighted by Gasteiger charge is 2.27. The number of carbonyl (C=O) groups is 1. The summed E-state index contributed by atoms with van der Waals surface area (Å²) in [6.45, 7) is 3.43. The van der Waals surface area contributed by atoms with Crippen LogP contribution in [0.1, 0.15) is 30.0 Å². The van der Waals surface area contributed by atoms with Crippen LogP contribution < -0.4 is 0 Å². The molecule has 3 aromatic carbocycles. The molecule has 5 rings (SSSR count). The quantitative estimate of drug-likeness (QED) is 0.428. The van der Waals surface area contributed by atoms with Crippen LogP contribution in [-0.4, -0.2) is 33.4 Å². The first kappa shape index (κ1) is 20.4. The summed E-state index contributed by atoms with van der Waals surface area (Å²) in [4.78, 5) is 19.7. The number of aromatic nitrogens is 2. The van der Waals surface area contributed by atoms with Gasteiger partial charge in [0.15, 0.2) is 0 Å². The number of imidazole rings is 1. The van der Waals surface area contributed by atoms with Crippen LogP contribution in [0.5, 0.6) is 0 Å². The van der Waals surface area contributed by atoms with Crippen LogP contribution in [0.2, 0.25) is 0 Å². The monoisotopic (exact) mass is 427 g/mol. The molecule has 0 atom stereocenters. The van der Waals surface area contributed by atoms with E-state index in [1.54, 1.807) is 12.1 Å². The van der Waals surface area contributed by atoms with E-state index < -0.39 is 0 Å². The number of halogens is 1. The van der Waals surface area contributed by atoms with Crippen molar-refractivity contribution >= 4 is 16.9 Å². The number of benzene rings is 3. The van der Waals surface area contributed by atoms with Crippen molar-refractivity contribution in [1.82, 2.24) is 14.5 Å². The standard InChI is InChI=1S/C27H26FN3O/c1-19-7-5-6-10-21(19)17-26(32)30-15-13-23(14-16-30)31-25-18-22(28)11-12-24(25)29-27(31)20-8-3-2-4-9-20/h2-12,18,23H,13-17H2,1H3. The first-order valence-corrected chi connectivity index (χ1v) is 11.2. The summed E-state index contributed by atoms with van der Waals surface area (Å²) in [6, 6.07) is 23.0. The molecule has 1 fully saturated rings. The van der Waals surface area contributed by atoms with Gasteiger partial charge in [-0.3, -0.25) is 4.79 Å². The highest BCUT2D eigenvalue weighted by molar-refractivity contribution is 5.81. The van der Waals surface area contributed by atoms with Gasteiger partial charge in [0.2, 0.25) is 5.91 Å². The number of amides is 1. The summed E-state index contributed by atoms with van der Waals surface area (Å²) >= 11 is 0. The zero-order valence-corrected chi connectivity index (χ0v) is 18.2. The maximum atomic E-state index is 14.1. The fourth-order valence-corrected chi connectivity index (χ4v) is 4.68. The van der Waals surface area contributed by atoms with Gasteiger partial charge in [-0.1, -0.05) is 54.6 Å². The Hall–Kier alpha value is -3.47. The molecule has 4 aromatic rings. The van der Waals surface area contributed by atoms with Crippen molar-refractivity contribution in [2.45, 2.75) is 32.2 Å². The maximum Gasteiger partial charge on any atom is 0.227 e. The number of likely N-dealkylation sites (tertiary alicyclic amines) is 1. The molecule has 0 unspecified atom stereocenters. The zero-order valence-electron chi connectivity index (χ0n) is 18.2. The molecular formula is C27H26FN3O. The first-order valence-electron chi connectivity index (χ1n) is 11.2. The van der Waals surface area contributed by atoms with Gasteiger partial charge in [0.25, 0.3) is 0 Å². The highest BCUT2D eigenvalue weighted by Crippen LogP contribution is 2.33. The van der Waals surface area contributed by atoms with E-state index in [4.69, 9.17) is 4.98 Å². The lowest BCUT2D eigenvalue weighted by atomic mass is 10.0. The SMILES string of the molecule is Cc1ccccc1CC(=O)N1CCC(n2c(-c3ccccc3)nc3ccc(F)cc32)CC1. The molecule has 0 radical (unpaired) electrons. The Morgan fingerprint density at radius 1 is 1.00 bits per heavy atom. The summed E-state index contributed by atoms with van der Waals surface area (Å²) in [6.07, 6.45) is 2.08. The van der Waals surface area contributed by atoms with E-state index in [0.29, 0.717) is 19.5 Å². The van der Waals surface area contributed by atoms with Gasteiger partial charge in [-0.25, -0.2) is 9.37 Å². The lowest BCUT2D eigenvalue weighted by molar-refractivity contribution is -0.131. The summed E-state index contributed by atoms with van der Waals surface area (Å²) in [5.41, 5.74) is 4.86. The summed E-state index contributed by atoms with van der Waals surface area (Å²) in [5.74, 6) is 0.766. The van der Waals surface area contributed by atoms with Gasteiger partial charge in [-0.15, -0.1) is 0 Å². The average Bonchev–Trinajstić information content (AvgIpc) is 3.20. The molecule has 1 saturated heterocycles. The minimum Gasteiger partial charge on any atom is -0.342 e. The Labute approximate surface area is 187 Å². The molecule has 1 aliphatic heterocycles. The predicted molar refractivity (Wildman–Crippen MR) is 125 cm³/mol. The largest absolute Gasteiger partial charge is 0.342 e. The minimum absolute atomic E-state index is 0.166. The maximum absolute atomic E-state index is 14.1. The van der Waals surface area contributed by atoms with Crippen LogP contribution in [0.3, 0.4) is 0 Å². The number of rotatable bonds is 4. The van der Waals surface area contributed by atoms with Crippen LogP contribution in [0.4, 0.5) is 4.39 Å². The number of fused-ring (bicyclic) bond motifs is 1. The van der Waals surface area contributed by atoms with Crippen molar-refractivity contribution in [3.05, 3.63) is 89.7 Å². The van der Waals surface area contributed by atoms with Gasteiger partial charge in [-0.2, -0.15) is 0 Å². The third kappa shape index (κ3) is 3.91. The number of carbonyl (C=O) groups excluding carboxylic acids is 1. The lowest BCUT2D eigenvalue weighted by Gasteiger charge is -2.34. The van der Waals surface area contributed by atoms with Crippen molar-refractivity contribution < 1.29 is 9.18 Å². The second-order valence-corrected chi connectivity index (χ2v) is 8.52. The number of hydrogen-bond donors (Lipinski definition) is 0. The fourth-order valence-electron chi connectivity index (χ4n) is 4.68. The van der Waals surface area contributed by atoms with E-state index >= 15 is 0 Å². The fraction of sp³-hybridized carbons (Fsp3) is 0.259. The third-order valence-corrected chi connectivity index (χ3v) is 6.47. The van der Waals surface area contributed by atoms with E-state index in [-0.39, 0.29) is 17.8 Å². The van der Waals surface area contributed by atoms with Gasteiger partial charge in [0.05, 0.1) is 17.5 Å². The lowest BCUT2D eigenvalue weighted by Crippen LogP contribution is -2.40. The van der Waals surface area contributed by atoms with Gasteiger partial charge in [-0.05, 0) is 49.1 Å². The van der Waals surface area contributed by atoms with Gasteiger partial charge in [0, 0.05) is 24.7 Å². The summed E-state index contributed by atoms with van der Waals surface area (Å²) in [7, 11) is 0. The van der Waals surface area contributed by atoms with Crippen molar-refractivity contribution in [1.29, 1.82) is 0 Å². The van der Waals surface area contributed by atoms with Gasteiger partial charge < -0.3 is 9.47 Å². The van der Waals surface area contributed by atoms with E-state index in [2.05, 4.69) is 4.57 Å². The Morgan fingerprint density at radius 2 is 1.72 bits per heavy atom. The molecule has 2 heterocycles. The smallest absolute Gasteiger partial charge is 0.227 e. The molecule has 1 amide bonds. The Morgan fingerprint density at radius 3 is 2.47 bits per heavy atom. The van der Waals surface area contributed by atoms with Crippen LogP contribution >= 0.6 is 0 Å². The molecule has 4 nitrogen and oxygen atoms in total. The second-order valence-electron chi connectivity index (χ2n) is 8.52. The summed E-state index contributed by atoms with van der Waals surface area (Å²) < 4.78 is 16.3. The number of piperidine rings is 1. The van der Waals surface area contributed by atoms with Crippen molar-refractivity contribution in [2.24, 2.45) is 0 Å². The molecule has 5 heteroatoms. The predicted octanol–water partition coefficient (Wildman–Crippen LogP) is 5.56. The second kappa shape index (κ2) is 8.58. The van der Waals surface area contributed by atoms with Crippen LogP contribution in [-0.2, 0) is 11.2 Å². The third-order valence-electron chi connectivity index (χ3n) is 6.47.